The van der Waals surface area contributed by atoms with Gasteiger partial charge in [0.2, 0.25) is 0 Å². The fourth-order valence-electron chi connectivity index (χ4n) is 4.35. The molecule has 0 bridgehead atoms. The third-order valence-corrected chi connectivity index (χ3v) is 5.56. The normalized spacial score (nSPS) is 11.6. The second-order valence-corrected chi connectivity index (χ2v) is 9.91. The van der Waals surface area contributed by atoms with Crippen molar-refractivity contribution in [2.45, 2.75) is 90.9 Å². The Morgan fingerprint density at radius 1 is 0.516 bits per heavy atom. The summed E-state index contributed by atoms with van der Waals surface area (Å²) in [4.78, 5) is 2.97. The Morgan fingerprint density at radius 3 is 1.16 bits per heavy atom. The summed E-state index contributed by atoms with van der Waals surface area (Å²) in [6.07, 6.45) is 15.8. The molecule has 0 saturated carbocycles. The van der Waals surface area contributed by atoms with Gasteiger partial charge >= 0.3 is 0 Å². The molecule has 0 atom stereocenters. The van der Waals surface area contributed by atoms with E-state index in [1.807, 2.05) is 0 Å². The number of nitrogens with one attached hydrogen (secondary N) is 2. The van der Waals surface area contributed by atoms with E-state index in [1.165, 1.54) is 86.8 Å². The van der Waals surface area contributed by atoms with E-state index in [9.17, 15) is 0 Å². The first-order valence-corrected chi connectivity index (χ1v) is 12.7. The molecule has 0 amide bonds. The van der Waals surface area contributed by atoms with Crippen LogP contribution in [0.2, 0.25) is 0 Å². The van der Waals surface area contributed by atoms with Gasteiger partial charge in [0.1, 0.15) is 5.41 Å². The van der Waals surface area contributed by atoms with Crippen LogP contribution >= 0.6 is 0 Å². The summed E-state index contributed by atoms with van der Waals surface area (Å²) in [6, 6.07) is 0. The first-order valence-electron chi connectivity index (χ1n) is 12.7. The number of rotatable bonds is 22. The summed E-state index contributed by atoms with van der Waals surface area (Å²) in [5.41, 5.74) is 0.113. The van der Waals surface area contributed by atoms with Gasteiger partial charge < -0.3 is 44.1 Å². The maximum atomic E-state index is 6.22. The SMILES string of the molecule is CCCCCCCCOCC(COCCCCCCCC)(C[NH+](C)C)C[NH+](C)C.[Cl-].[Cl-]. The van der Waals surface area contributed by atoms with Gasteiger partial charge in [0.05, 0.1) is 54.5 Å². The highest BCUT2D eigenvalue weighted by atomic mass is 35.5. The van der Waals surface area contributed by atoms with Crippen LogP contribution in [0, 0.1) is 5.41 Å². The maximum Gasteiger partial charge on any atom is 0.114 e. The molecule has 0 heterocycles. The number of halogens is 2. The van der Waals surface area contributed by atoms with Crippen molar-refractivity contribution < 1.29 is 44.1 Å². The molecule has 0 aromatic rings. The van der Waals surface area contributed by atoms with Crippen LogP contribution < -0.4 is 34.6 Å². The maximum absolute atomic E-state index is 6.22. The van der Waals surface area contributed by atoms with E-state index in [0.29, 0.717) is 0 Å². The van der Waals surface area contributed by atoms with Gasteiger partial charge in [-0.3, -0.25) is 0 Å². The highest BCUT2D eigenvalue weighted by molar-refractivity contribution is 4.77. The highest BCUT2D eigenvalue weighted by Gasteiger charge is 2.37. The summed E-state index contributed by atoms with van der Waals surface area (Å²) in [5.74, 6) is 0. The molecule has 2 N–H and O–H groups in total. The van der Waals surface area contributed by atoms with Crippen molar-refractivity contribution in [2.24, 2.45) is 5.41 Å². The average Bonchev–Trinajstić information content (AvgIpc) is 2.65. The van der Waals surface area contributed by atoms with Crippen LogP contribution in [0.25, 0.3) is 0 Å². The molecule has 0 aliphatic carbocycles. The Kier molecular flexibility index (Phi) is 29.1. The zero-order valence-corrected chi connectivity index (χ0v) is 23.3. The summed E-state index contributed by atoms with van der Waals surface area (Å²) >= 11 is 0. The van der Waals surface area contributed by atoms with Crippen LogP contribution in [0.5, 0.6) is 0 Å². The third-order valence-electron chi connectivity index (χ3n) is 5.56. The summed E-state index contributed by atoms with van der Waals surface area (Å²) < 4.78 is 12.4. The Bertz CT molecular complexity index is 313. The summed E-state index contributed by atoms with van der Waals surface area (Å²) in [7, 11) is 9.00. The van der Waals surface area contributed by atoms with Crippen molar-refractivity contribution in [3.8, 4) is 0 Å². The lowest BCUT2D eigenvalue weighted by Gasteiger charge is -2.34. The quantitative estimate of drug-likeness (QED) is 0.160. The molecule has 0 unspecified atom stereocenters. The number of ether oxygens (including phenoxy) is 2. The van der Waals surface area contributed by atoms with E-state index in [1.54, 1.807) is 0 Å². The predicted octanol–water partition coefficient (Wildman–Crippen LogP) is -2.98. The van der Waals surface area contributed by atoms with Crippen molar-refractivity contribution >= 4 is 0 Å². The summed E-state index contributed by atoms with van der Waals surface area (Å²) in [6.45, 7) is 10.2. The van der Waals surface area contributed by atoms with Crippen molar-refractivity contribution in [1.29, 1.82) is 0 Å². The smallest absolute Gasteiger partial charge is 0.114 e. The number of unbranched alkanes of at least 4 members (excludes halogenated alkanes) is 10. The predicted molar refractivity (Wildman–Crippen MR) is 126 cm³/mol. The second kappa shape index (κ2) is 25.1. The molecule has 0 fully saturated rings. The monoisotopic (exact) mass is 486 g/mol. The zero-order valence-electron chi connectivity index (χ0n) is 21.8. The van der Waals surface area contributed by atoms with Crippen molar-refractivity contribution in [2.75, 3.05) is 67.7 Å². The molecule has 0 spiro atoms. The minimum Gasteiger partial charge on any atom is -1.00 e. The molecule has 0 aromatic carbocycles. The fraction of sp³-hybridized carbons (Fsp3) is 1.00. The minimum absolute atomic E-state index is 0. The number of hydrogen-bond acceptors (Lipinski definition) is 2. The van der Waals surface area contributed by atoms with Crippen molar-refractivity contribution in [3.05, 3.63) is 0 Å². The van der Waals surface area contributed by atoms with Gasteiger partial charge in [0.15, 0.2) is 0 Å². The van der Waals surface area contributed by atoms with E-state index in [-0.39, 0.29) is 30.2 Å². The molecule has 4 nitrogen and oxygen atoms in total. The van der Waals surface area contributed by atoms with Crippen LogP contribution in [0.15, 0.2) is 0 Å². The zero-order chi connectivity index (χ0) is 21.8. The Morgan fingerprint density at radius 2 is 0.839 bits per heavy atom. The van der Waals surface area contributed by atoms with Crippen LogP contribution in [0.4, 0.5) is 0 Å². The van der Waals surface area contributed by atoms with Gasteiger partial charge in [-0.15, -0.1) is 0 Å². The molecule has 0 saturated heterocycles. The van der Waals surface area contributed by atoms with Crippen LogP contribution in [-0.4, -0.2) is 67.7 Å². The lowest BCUT2D eigenvalue weighted by molar-refractivity contribution is -0.893. The molecule has 0 radical (unpaired) electrons. The van der Waals surface area contributed by atoms with Crippen molar-refractivity contribution in [1.82, 2.24) is 0 Å². The van der Waals surface area contributed by atoms with E-state index in [2.05, 4.69) is 42.0 Å². The van der Waals surface area contributed by atoms with Gasteiger partial charge in [-0.1, -0.05) is 78.1 Å². The van der Waals surface area contributed by atoms with Crippen molar-refractivity contribution in [3.63, 3.8) is 0 Å². The van der Waals surface area contributed by atoms with Gasteiger partial charge in [0.25, 0.3) is 0 Å². The molecule has 192 valence electrons. The molecular weight excluding hydrogens is 431 g/mol. The molecule has 0 aliphatic rings. The summed E-state index contributed by atoms with van der Waals surface area (Å²) in [5, 5.41) is 0. The van der Waals surface area contributed by atoms with E-state index < -0.39 is 0 Å². The van der Waals surface area contributed by atoms with E-state index in [4.69, 9.17) is 9.47 Å². The average molecular weight is 488 g/mol. The lowest BCUT2D eigenvalue weighted by Crippen LogP contribution is -3.12. The van der Waals surface area contributed by atoms with Gasteiger partial charge in [-0.25, -0.2) is 0 Å². The van der Waals surface area contributed by atoms with Gasteiger partial charge in [0, 0.05) is 13.2 Å². The second-order valence-electron chi connectivity index (χ2n) is 9.91. The first-order chi connectivity index (χ1) is 14.0. The van der Waals surface area contributed by atoms with Crippen LogP contribution in [-0.2, 0) is 9.47 Å². The lowest BCUT2D eigenvalue weighted by atomic mass is 9.88. The number of hydrogen-bond donors (Lipinski definition) is 2. The fourth-order valence-corrected chi connectivity index (χ4v) is 4.35. The van der Waals surface area contributed by atoms with Gasteiger partial charge in [-0.2, -0.15) is 0 Å². The Balaban J connectivity index is -0.00000392. The third kappa shape index (κ3) is 23.4. The molecule has 0 aromatic heterocycles. The molecule has 6 heteroatoms. The van der Waals surface area contributed by atoms with E-state index >= 15 is 0 Å². The number of quaternary nitrogens is 2. The Labute approximate surface area is 208 Å². The van der Waals surface area contributed by atoms with Crippen LogP contribution in [0.3, 0.4) is 0 Å². The first kappa shape index (κ1) is 36.0. The highest BCUT2D eigenvalue weighted by Crippen LogP contribution is 2.16. The van der Waals surface area contributed by atoms with Gasteiger partial charge in [-0.05, 0) is 12.8 Å². The molecular formula is C25H56Cl2N2O2. The molecule has 0 aliphatic heterocycles. The minimum atomic E-state index is 0. The topological polar surface area (TPSA) is 27.3 Å². The van der Waals surface area contributed by atoms with E-state index in [0.717, 1.165) is 39.5 Å². The molecule has 0 rings (SSSR count). The van der Waals surface area contributed by atoms with Crippen LogP contribution in [0.1, 0.15) is 90.9 Å². The standard InChI is InChI=1S/C25H54N2O2.2ClH/c1-7-9-11-13-15-17-19-28-23-25(21-26(3)4,22-27(5)6)24-29-20-18-16-14-12-10-8-2;;/h7-24H2,1-6H3;2*1H. The largest absolute Gasteiger partial charge is 1.00 e. The molecule has 31 heavy (non-hydrogen) atoms. The Hall–Kier alpha value is 0.420.